The van der Waals surface area contributed by atoms with Crippen LogP contribution in [0.5, 0.6) is 0 Å². The van der Waals surface area contributed by atoms with E-state index in [2.05, 4.69) is 43.4 Å². The molecule has 0 aromatic heterocycles. The summed E-state index contributed by atoms with van der Waals surface area (Å²) in [6, 6.07) is 0. The first-order valence-corrected chi connectivity index (χ1v) is 23.1. The second kappa shape index (κ2) is 34.7. The molecule has 2 aliphatic rings. The van der Waals surface area contributed by atoms with Crippen molar-refractivity contribution in [3.05, 3.63) is 36.5 Å². The summed E-state index contributed by atoms with van der Waals surface area (Å²) in [6.45, 7) is 3.38. The lowest BCUT2D eigenvalue weighted by molar-refractivity contribution is -0.332. The van der Waals surface area contributed by atoms with Crippen LogP contribution in [0.2, 0.25) is 0 Å². The van der Waals surface area contributed by atoms with Crippen LogP contribution in [0.4, 0.5) is 0 Å². The highest BCUT2D eigenvalue weighted by Crippen LogP contribution is 2.26. The molecular formula is C46H82O14. The zero-order valence-corrected chi connectivity index (χ0v) is 36.7. The minimum Gasteiger partial charge on any atom is -0.457 e. The van der Waals surface area contributed by atoms with Gasteiger partial charge in [0, 0.05) is 13.0 Å². The standard InChI is InChI=1S/C46H82O14/c1-3-5-7-8-9-10-11-12-13-14-15-16-17-18-19-20-21-22-23-24-25-26-27-28-30-55-32-35(58-38(48)29-6-4-2)33-56-45-44(54)42(52)40(50)37(60-45)34-57-46-43(53)41(51)39(49)36(31-47)59-46/h11-12,14-15,17-18,35-37,39-47,49-54H,3-10,13,16,19-34H2,1-2H3/b12-11-,15-14-,18-17-. The molecule has 0 radical (unpaired) electrons. The number of hydrogen-bond donors (Lipinski definition) is 7. The summed E-state index contributed by atoms with van der Waals surface area (Å²) in [6.07, 6.45) is 20.7. The Labute approximate surface area is 359 Å². The van der Waals surface area contributed by atoms with Gasteiger partial charge in [0.1, 0.15) is 54.9 Å². The largest absolute Gasteiger partial charge is 0.457 e. The van der Waals surface area contributed by atoms with Gasteiger partial charge >= 0.3 is 5.97 Å². The van der Waals surface area contributed by atoms with Crippen LogP contribution >= 0.6 is 0 Å². The number of ether oxygens (including phenoxy) is 6. The molecule has 11 atom stereocenters. The summed E-state index contributed by atoms with van der Waals surface area (Å²) >= 11 is 0. The predicted molar refractivity (Wildman–Crippen MR) is 229 cm³/mol. The smallest absolute Gasteiger partial charge is 0.306 e. The normalized spacial score (nSPS) is 28.0. The van der Waals surface area contributed by atoms with Crippen LogP contribution in [0.15, 0.2) is 36.5 Å². The highest BCUT2D eigenvalue weighted by Gasteiger charge is 2.47. The lowest BCUT2D eigenvalue weighted by Gasteiger charge is -2.42. The van der Waals surface area contributed by atoms with E-state index in [1.807, 2.05) is 6.92 Å². The number of aliphatic hydroxyl groups excluding tert-OH is 7. The lowest BCUT2D eigenvalue weighted by Crippen LogP contribution is -2.61. The third-order valence-electron chi connectivity index (χ3n) is 10.9. The zero-order chi connectivity index (χ0) is 43.8. The monoisotopic (exact) mass is 859 g/mol. The summed E-state index contributed by atoms with van der Waals surface area (Å²) < 4.78 is 33.7. The van der Waals surface area contributed by atoms with E-state index in [-0.39, 0.29) is 19.6 Å². The van der Waals surface area contributed by atoms with E-state index in [1.54, 1.807) is 0 Å². The van der Waals surface area contributed by atoms with Gasteiger partial charge in [-0.3, -0.25) is 4.79 Å². The maximum Gasteiger partial charge on any atom is 0.306 e. The fraction of sp³-hybridized carbons (Fsp3) is 0.848. The number of allylic oxidation sites excluding steroid dienone is 6. The fourth-order valence-electron chi connectivity index (χ4n) is 7.03. The molecule has 2 rings (SSSR count). The van der Waals surface area contributed by atoms with Gasteiger partial charge in [-0.05, 0) is 51.4 Å². The maximum absolute atomic E-state index is 12.5. The Morgan fingerprint density at radius 3 is 1.60 bits per heavy atom. The molecular weight excluding hydrogens is 776 g/mol. The molecule has 0 bridgehead atoms. The average Bonchev–Trinajstić information content (AvgIpc) is 3.25. The molecule has 0 saturated carbocycles. The van der Waals surface area contributed by atoms with Gasteiger partial charge in [0.25, 0.3) is 0 Å². The van der Waals surface area contributed by atoms with Crippen molar-refractivity contribution in [2.45, 2.75) is 216 Å². The SMILES string of the molecule is CCCCCCC/C=C\C/C=C\C/C=C\CCCCCCCCCCCOCC(COC1OC(COC2OC(CO)C(O)C(O)C2O)C(O)C(O)C1O)OC(=O)CCCC. The van der Waals surface area contributed by atoms with Gasteiger partial charge < -0.3 is 64.2 Å². The van der Waals surface area contributed by atoms with Crippen LogP contribution in [-0.2, 0) is 33.2 Å². The molecule has 0 amide bonds. The Morgan fingerprint density at radius 1 is 0.550 bits per heavy atom. The minimum atomic E-state index is -1.70. The zero-order valence-electron chi connectivity index (χ0n) is 36.7. The van der Waals surface area contributed by atoms with Gasteiger partial charge in [-0.25, -0.2) is 0 Å². The van der Waals surface area contributed by atoms with E-state index in [0.29, 0.717) is 13.0 Å². The number of hydrogen-bond acceptors (Lipinski definition) is 14. The maximum atomic E-state index is 12.5. The summed E-state index contributed by atoms with van der Waals surface area (Å²) in [5, 5.41) is 71.4. The van der Waals surface area contributed by atoms with E-state index in [9.17, 15) is 40.5 Å². The molecule has 7 N–H and O–H groups in total. The first kappa shape index (κ1) is 54.3. The molecule has 11 unspecified atom stereocenters. The van der Waals surface area contributed by atoms with Crippen LogP contribution in [0.25, 0.3) is 0 Å². The molecule has 2 saturated heterocycles. The summed E-state index contributed by atoms with van der Waals surface area (Å²) in [5.74, 6) is -0.415. The van der Waals surface area contributed by atoms with Crippen molar-refractivity contribution in [2.75, 3.05) is 33.0 Å². The molecule has 60 heavy (non-hydrogen) atoms. The van der Waals surface area contributed by atoms with Crippen molar-refractivity contribution in [1.82, 2.24) is 0 Å². The number of rotatable bonds is 35. The van der Waals surface area contributed by atoms with Gasteiger partial charge in [0.15, 0.2) is 12.6 Å². The number of carbonyl (C=O) groups excluding carboxylic acids is 1. The van der Waals surface area contributed by atoms with Gasteiger partial charge in [0.05, 0.1) is 26.4 Å². The number of aliphatic hydroxyl groups is 7. The Hall–Kier alpha value is -1.79. The summed E-state index contributed by atoms with van der Waals surface area (Å²) in [5.41, 5.74) is 0. The fourth-order valence-corrected chi connectivity index (χ4v) is 7.03. The number of unbranched alkanes of at least 4 members (excludes halogenated alkanes) is 15. The molecule has 14 heteroatoms. The highest BCUT2D eigenvalue weighted by atomic mass is 16.7. The Morgan fingerprint density at radius 2 is 1.03 bits per heavy atom. The van der Waals surface area contributed by atoms with Crippen molar-refractivity contribution in [3.63, 3.8) is 0 Å². The third-order valence-corrected chi connectivity index (χ3v) is 10.9. The van der Waals surface area contributed by atoms with Crippen molar-refractivity contribution in [3.8, 4) is 0 Å². The topological polar surface area (TPSA) is 214 Å². The molecule has 2 fully saturated rings. The van der Waals surface area contributed by atoms with Crippen molar-refractivity contribution < 1.29 is 69.0 Å². The van der Waals surface area contributed by atoms with Gasteiger partial charge in [-0.1, -0.05) is 127 Å². The molecule has 350 valence electrons. The molecule has 2 heterocycles. The first-order valence-electron chi connectivity index (χ1n) is 23.1. The average molecular weight is 859 g/mol. The molecule has 0 aromatic rings. The Bertz CT molecular complexity index is 1130. The first-order chi connectivity index (χ1) is 29.1. The Balaban J connectivity index is 1.60. The minimum absolute atomic E-state index is 0.0539. The van der Waals surface area contributed by atoms with Crippen molar-refractivity contribution >= 4 is 5.97 Å². The predicted octanol–water partition coefficient (Wildman–Crippen LogP) is 5.46. The highest BCUT2D eigenvalue weighted by molar-refractivity contribution is 5.69. The van der Waals surface area contributed by atoms with E-state index in [1.165, 1.54) is 77.0 Å². The van der Waals surface area contributed by atoms with Crippen LogP contribution < -0.4 is 0 Å². The molecule has 2 aliphatic heterocycles. The van der Waals surface area contributed by atoms with E-state index in [4.69, 9.17) is 28.4 Å². The second-order valence-corrected chi connectivity index (χ2v) is 16.2. The number of carbonyl (C=O) groups is 1. The summed E-state index contributed by atoms with van der Waals surface area (Å²) in [4.78, 5) is 12.5. The van der Waals surface area contributed by atoms with E-state index in [0.717, 1.165) is 44.9 Å². The number of esters is 1. The van der Waals surface area contributed by atoms with Crippen molar-refractivity contribution in [1.29, 1.82) is 0 Å². The third kappa shape index (κ3) is 23.1. The van der Waals surface area contributed by atoms with Crippen LogP contribution in [0, 0.1) is 0 Å². The van der Waals surface area contributed by atoms with Gasteiger partial charge in [-0.2, -0.15) is 0 Å². The lowest BCUT2D eigenvalue weighted by atomic mass is 9.98. The second-order valence-electron chi connectivity index (χ2n) is 16.2. The van der Waals surface area contributed by atoms with E-state index >= 15 is 0 Å². The molecule has 0 aromatic carbocycles. The van der Waals surface area contributed by atoms with Crippen LogP contribution in [-0.4, -0.2) is 142 Å². The summed E-state index contributed by atoms with van der Waals surface area (Å²) in [7, 11) is 0. The van der Waals surface area contributed by atoms with Crippen molar-refractivity contribution in [2.24, 2.45) is 0 Å². The van der Waals surface area contributed by atoms with Gasteiger partial charge in [0.2, 0.25) is 0 Å². The molecule has 0 spiro atoms. The Kier molecular flexibility index (Phi) is 31.4. The molecule has 14 nitrogen and oxygen atoms in total. The van der Waals surface area contributed by atoms with Crippen LogP contribution in [0.3, 0.4) is 0 Å². The quantitative estimate of drug-likeness (QED) is 0.0240. The molecule has 0 aliphatic carbocycles. The van der Waals surface area contributed by atoms with Gasteiger partial charge in [-0.15, -0.1) is 0 Å². The van der Waals surface area contributed by atoms with Crippen LogP contribution in [0.1, 0.15) is 149 Å². The van der Waals surface area contributed by atoms with E-state index < -0.39 is 86.7 Å².